The Kier molecular flexibility index (Phi) is 8.89. The zero-order valence-electron chi connectivity index (χ0n) is 12.8. The molecular formula is C10H23NO8P2. The van der Waals surface area contributed by atoms with Crippen molar-refractivity contribution in [3.63, 3.8) is 0 Å². The van der Waals surface area contributed by atoms with Gasteiger partial charge in [0, 0.05) is 28.4 Å². The van der Waals surface area contributed by atoms with Gasteiger partial charge in [-0.2, -0.15) is 0 Å². The fraction of sp³-hybridized carbons (Fsp3) is 0.900. The molecule has 126 valence electrons. The lowest BCUT2D eigenvalue weighted by Crippen LogP contribution is -2.42. The van der Waals surface area contributed by atoms with Crippen molar-refractivity contribution in [3.05, 3.63) is 0 Å². The Balaban J connectivity index is 5.42. The molecule has 21 heavy (non-hydrogen) atoms. The molecule has 1 N–H and O–H groups in total. The van der Waals surface area contributed by atoms with E-state index in [1.54, 1.807) is 6.92 Å². The van der Waals surface area contributed by atoms with Crippen LogP contribution in [0.3, 0.4) is 0 Å². The highest BCUT2D eigenvalue weighted by Crippen LogP contribution is 2.52. The maximum Gasteiger partial charge on any atom is 0.344 e. The summed E-state index contributed by atoms with van der Waals surface area (Å²) in [6, 6.07) is -1.03. The Hall–Kier alpha value is -0.270. The van der Waals surface area contributed by atoms with E-state index in [1.165, 1.54) is 33.3 Å². The summed E-state index contributed by atoms with van der Waals surface area (Å²) < 4.78 is 43.6. The average Bonchev–Trinajstić information content (AvgIpc) is 2.47. The van der Waals surface area contributed by atoms with E-state index in [4.69, 9.17) is 18.1 Å². The minimum Gasteiger partial charge on any atom is -0.480 e. The highest BCUT2D eigenvalue weighted by Gasteiger charge is 2.37. The van der Waals surface area contributed by atoms with Gasteiger partial charge in [0.2, 0.25) is 0 Å². The van der Waals surface area contributed by atoms with E-state index >= 15 is 0 Å². The number of carboxylic acids is 1. The van der Waals surface area contributed by atoms with Crippen molar-refractivity contribution in [1.29, 1.82) is 0 Å². The molecule has 0 saturated heterocycles. The van der Waals surface area contributed by atoms with Crippen LogP contribution in [0.25, 0.3) is 0 Å². The third kappa shape index (κ3) is 6.16. The maximum atomic E-state index is 12.2. The molecule has 0 spiro atoms. The third-order valence-corrected chi connectivity index (χ3v) is 6.58. The fourth-order valence-electron chi connectivity index (χ4n) is 1.66. The molecule has 0 bridgehead atoms. The van der Waals surface area contributed by atoms with Crippen LogP contribution in [-0.2, 0) is 32.0 Å². The second-order valence-corrected chi connectivity index (χ2v) is 8.56. The van der Waals surface area contributed by atoms with E-state index in [0.29, 0.717) is 0 Å². The minimum atomic E-state index is -3.52. The summed E-state index contributed by atoms with van der Waals surface area (Å²) in [5.41, 5.74) is 0. The molecule has 0 heterocycles. The van der Waals surface area contributed by atoms with Gasteiger partial charge in [-0.15, -0.1) is 0 Å². The van der Waals surface area contributed by atoms with Gasteiger partial charge >= 0.3 is 21.2 Å². The summed E-state index contributed by atoms with van der Waals surface area (Å²) in [5.74, 6) is -1.14. The van der Waals surface area contributed by atoms with Gasteiger partial charge in [0.05, 0.1) is 0 Å². The molecule has 11 heteroatoms. The number of carboxylic acid groups (broad SMARTS) is 1. The quantitative estimate of drug-likeness (QED) is 0.561. The zero-order valence-corrected chi connectivity index (χ0v) is 14.6. The summed E-state index contributed by atoms with van der Waals surface area (Å²) in [7, 11) is -2.28. The average molecular weight is 347 g/mol. The van der Waals surface area contributed by atoms with Crippen LogP contribution in [0, 0.1) is 0 Å². The van der Waals surface area contributed by atoms with Crippen LogP contribution in [-0.4, -0.2) is 63.0 Å². The van der Waals surface area contributed by atoms with Gasteiger partial charge < -0.3 is 23.2 Å². The van der Waals surface area contributed by atoms with E-state index in [-0.39, 0.29) is 19.0 Å². The topological polar surface area (TPSA) is 112 Å². The first kappa shape index (κ1) is 20.7. The van der Waals surface area contributed by atoms with Crippen LogP contribution in [0.2, 0.25) is 0 Å². The lowest BCUT2D eigenvalue weighted by Gasteiger charge is -2.31. The second kappa shape index (κ2) is 9.00. The predicted molar refractivity (Wildman–Crippen MR) is 76.5 cm³/mol. The van der Waals surface area contributed by atoms with Crippen molar-refractivity contribution in [3.8, 4) is 0 Å². The molecule has 0 aliphatic rings. The molecule has 0 aliphatic heterocycles. The Morgan fingerprint density at radius 1 is 1.00 bits per heavy atom. The predicted octanol–water partition coefficient (Wildman–Crippen LogP) is 2.04. The van der Waals surface area contributed by atoms with Gasteiger partial charge in [0.25, 0.3) is 0 Å². The van der Waals surface area contributed by atoms with Crippen molar-refractivity contribution in [2.75, 3.05) is 41.0 Å². The minimum absolute atomic E-state index is 0.205. The van der Waals surface area contributed by atoms with E-state index in [0.717, 1.165) is 0 Å². The molecule has 0 amide bonds. The SMILES string of the molecule is CCC(C(=O)O)N(CP(=O)(OC)OC)CP(=O)(OC)OC. The first-order valence-corrected chi connectivity index (χ1v) is 9.54. The number of carbonyl (C=O) groups is 1. The van der Waals surface area contributed by atoms with Gasteiger partial charge in [-0.25, -0.2) is 0 Å². The molecule has 1 unspecified atom stereocenters. The van der Waals surface area contributed by atoms with Gasteiger partial charge in [-0.05, 0) is 6.42 Å². The normalized spacial score (nSPS) is 14.4. The molecule has 1 atom stereocenters. The molecule has 0 aliphatic carbocycles. The number of nitrogens with zero attached hydrogens (tertiary/aromatic N) is 1. The summed E-state index contributed by atoms with van der Waals surface area (Å²) >= 11 is 0. The smallest absolute Gasteiger partial charge is 0.344 e. The lowest BCUT2D eigenvalue weighted by atomic mass is 10.2. The van der Waals surface area contributed by atoms with Crippen molar-refractivity contribution >= 4 is 21.2 Å². The molecule has 0 aromatic carbocycles. The largest absolute Gasteiger partial charge is 0.480 e. The second-order valence-electron chi connectivity index (χ2n) is 4.09. The van der Waals surface area contributed by atoms with Crippen LogP contribution in [0.15, 0.2) is 0 Å². The van der Waals surface area contributed by atoms with Crippen LogP contribution in [0.1, 0.15) is 13.3 Å². The van der Waals surface area contributed by atoms with E-state index < -0.39 is 27.2 Å². The monoisotopic (exact) mass is 347 g/mol. The highest BCUT2D eigenvalue weighted by molar-refractivity contribution is 7.54. The van der Waals surface area contributed by atoms with Crippen LogP contribution < -0.4 is 0 Å². The highest BCUT2D eigenvalue weighted by atomic mass is 31.2. The van der Waals surface area contributed by atoms with E-state index in [2.05, 4.69) is 0 Å². The van der Waals surface area contributed by atoms with Gasteiger partial charge in [0.1, 0.15) is 18.6 Å². The van der Waals surface area contributed by atoms with Crippen LogP contribution in [0.5, 0.6) is 0 Å². The Morgan fingerprint density at radius 2 is 1.33 bits per heavy atom. The number of hydrogen-bond donors (Lipinski definition) is 1. The van der Waals surface area contributed by atoms with Crippen LogP contribution in [0.4, 0.5) is 0 Å². The molecule has 0 rings (SSSR count). The fourth-order valence-corrected chi connectivity index (χ4v) is 4.06. The van der Waals surface area contributed by atoms with Gasteiger partial charge in [-0.1, -0.05) is 6.92 Å². The van der Waals surface area contributed by atoms with Crippen molar-refractivity contribution in [1.82, 2.24) is 4.90 Å². The van der Waals surface area contributed by atoms with Gasteiger partial charge in [-0.3, -0.25) is 18.8 Å². The Bertz CT molecular complexity index is 385. The van der Waals surface area contributed by atoms with Gasteiger partial charge in [0.15, 0.2) is 0 Å². The molecule has 0 aromatic rings. The summed E-state index contributed by atoms with van der Waals surface area (Å²) in [4.78, 5) is 12.5. The molecule has 0 radical (unpaired) electrons. The summed E-state index contributed by atoms with van der Waals surface area (Å²) in [6.45, 7) is 1.64. The summed E-state index contributed by atoms with van der Waals surface area (Å²) in [5, 5.41) is 9.24. The molecule has 9 nitrogen and oxygen atoms in total. The molecule has 0 fully saturated rings. The van der Waals surface area contributed by atoms with Crippen molar-refractivity contribution < 1.29 is 37.1 Å². The Morgan fingerprint density at radius 3 is 1.52 bits per heavy atom. The number of hydrogen-bond acceptors (Lipinski definition) is 8. The molecule has 0 aromatic heterocycles. The maximum absolute atomic E-state index is 12.2. The molecule has 0 saturated carbocycles. The number of aliphatic carboxylic acids is 1. The Labute approximate surface area is 124 Å². The number of rotatable bonds is 11. The first-order valence-electron chi connectivity index (χ1n) is 6.08. The third-order valence-electron chi connectivity index (χ3n) is 2.93. The first-order chi connectivity index (χ1) is 9.70. The summed E-state index contributed by atoms with van der Waals surface area (Å²) in [6.07, 6.45) is -0.487. The van der Waals surface area contributed by atoms with Crippen molar-refractivity contribution in [2.45, 2.75) is 19.4 Å². The van der Waals surface area contributed by atoms with Crippen molar-refractivity contribution in [2.24, 2.45) is 0 Å². The molecular weight excluding hydrogens is 324 g/mol. The van der Waals surface area contributed by atoms with Crippen LogP contribution >= 0.6 is 15.2 Å². The lowest BCUT2D eigenvalue weighted by molar-refractivity contribution is -0.142. The standard InChI is InChI=1S/C10H23NO8P2/c1-6-9(10(12)13)11(7-20(14,16-2)17-3)8-21(15,18-4)19-5/h9H,6-8H2,1-5H3,(H,12,13). The van der Waals surface area contributed by atoms with E-state index in [9.17, 15) is 19.0 Å². The zero-order chi connectivity index (χ0) is 16.7. The van der Waals surface area contributed by atoms with E-state index in [1.807, 2.05) is 0 Å².